The van der Waals surface area contributed by atoms with Crippen molar-refractivity contribution in [2.75, 3.05) is 6.54 Å². The highest BCUT2D eigenvalue weighted by Crippen LogP contribution is 2.31. The van der Waals surface area contributed by atoms with Gasteiger partial charge in [-0.15, -0.1) is 10.2 Å². The summed E-state index contributed by atoms with van der Waals surface area (Å²) in [5.74, 6) is 1.44. The molecule has 1 aliphatic rings. The maximum atomic E-state index is 12.6. The number of rotatable bonds is 5. The molecule has 1 aliphatic heterocycles. The number of aromatic nitrogens is 4. The SMILES string of the molecule is Cc1cncc([C@@H]2CCCN2C(=O)CCc2nnc(C(C)C)o2)n1. The lowest BCUT2D eigenvalue weighted by Gasteiger charge is -2.24. The Bertz CT molecular complexity index is 713. The van der Waals surface area contributed by atoms with E-state index in [2.05, 4.69) is 20.2 Å². The fourth-order valence-electron chi connectivity index (χ4n) is 2.97. The van der Waals surface area contributed by atoms with Gasteiger partial charge in [0.05, 0.1) is 23.6 Å². The van der Waals surface area contributed by atoms with E-state index >= 15 is 0 Å². The first-order valence-corrected chi connectivity index (χ1v) is 8.45. The second kappa shape index (κ2) is 7.07. The highest BCUT2D eigenvalue weighted by atomic mass is 16.4. The number of hydrogen-bond donors (Lipinski definition) is 0. The summed E-state index contributed by atoms with van der Waals surface area (Å²) in [5, 5.41) is 8.02. The van der Waals surface area contributed by atoms with Crippen LogP contribution in [0.15, 0.2) is 16.8 Å². The highest BCUT2D eigenvalue weighted by Gasteiger charge is 2.31. The van der Waals surface area contributed by atoms with E-state index in [0.717, 1.165) is 30.8 Å². The molecule has 0 aliphatic carbocycles. The number of hydrogen-bond acceptors (Lipinski definition) is 6. The molecule has 0 saturated carbocycles. The summed E-state index contributed by atoms with van der Waals surface area (Å²) in [5.41, 5.74) is 1.75. The molecule has 128 valence electrons. The van der Waals surface area contributed by atoms with Crippen LogP contribution in [0.5, 0.6) is 0 Å². The standard InChI is InChI=1S/C17H23N5O2/c1-11(2)17-21-20-15(24-17)6-7-16(23)22-8-4-5-14(22)13-10-18-9-12(3)19-13/h9-11,14H,4-8H2,1-3H3/t14-/m0/s1. The summed E-state index contributed by atoms with van der Waals surface area (Å²) in [6.45, 7) is 6.68. The highest BCUT2D eigenvalue weighted by molar-refractivity contribution is 5.77. The molecule has 1 amide bonds. The van der Waals surface area contributed by atoms with Gasteiger partial charge in [-0.25, -0.2) is 0 Å². The number of amides is 1. The third-order valence-corrected chi connectivity index (χ3v) is 4.22. The molecule has 3 heterocycles. The average Bonchev–Trinajstić information content (AvgIpc) is 3.22. The van der Waals surface area contributed by atoms with Crippen LogP contribution in [0.4, 0.5) is 0 Å². The molecule has 0 spiro atoms. The minimum absolute atomic E-state index is 0.0267. The van der Waals surface area contributed by atoms with Crippen molar-refractivity contribution in [2.45, 2.75) is 58.4 Å². The van der Waals surface area contributed by atoms with Gasteiger partial charge in [-0.1, -0.05) is 13.8 Å². The molecule has 0 aromatic carbocycles. The topological polar surface area (TPSA) is 85.0 Å². The molecule has 1 saturated heterocycles. The smallest absolute Gasteiger partial charge is 0.223 e. The number of carbonyl (C=O) groups excluding carboxylic acids is 1. The first-order valence-electron chi connectivity index (χ1n) is 8.45. The first-order chi connectivity index (χ1) is 11.5. The molecule has 0 N–H and O–H groups in total. The van der Waals surface area contributed by atoms with Crippen molar-refractivity contribution in [1.29, 1.82) is 0 Å². The predicted molar refractivity (Wildman–Crippen MR) is 87.2 cm³/mol. The van der Waals surface area contributed by atoms with Gasteiger partial charge in [0.25, 0.3) is 0 Å². The maximum Gasteiger partial charge on any atom is 0.223 e. The van der Waals surface area contributed by atoms with Gasteiger partial charge in [-0.3, -0.25) is 14.8 Å². The van der Waals surface area contributed by atoms with E-state index in [1.165, 1.54) is 0 Å². The molecule has 7 nitrogen and oxygen atoms in total. The van der Waals surface area contributed by atoms with E-state index in [-0.39, 0.29) is 17.9 Å². The summed E-state index contributed by atoms with van der Waals surface area (Å²) in [6.07, 6.45) is 6.26. The van der Waals surface area contributed by atoms with E-state index in [4.69, 9.17) is 4.42 Å². The zero-order valence-electron chi connectivity index (χ0n) is 14.4. The lowest BCUT2D eigenvalue weighted by molar-refractivity contribution is -0.132. The average molecular weight is 329 g/mol. The fourth-order valence-corrected chi connectivity index (χ4v) is 2.97. The molecule has 0 unspecified atom stereocenters. The van der Waals surface area contributed by atoms with E-state index in [9.17, 15) is 4.79 Å². The van der Waals surface area contributed by atoms with Gasteiger partial charge in [-0.2, -0.15) is 0 Å². The maximum absolute atomic E-state index is 12.6. The van der Waals surface area contributed by atoms with Crippen LogP contribution >= 0.6 is 0 Å². The molecule has 0 bridgehead atoms. The molecular weight excluding hydrogens is 306 g/mol. The number of nitrogens with zero attached hydrogens (tertiary/aromatic N) is 5. The Morgan fingerprint density at radius 1 is 1.38 bits per heavy atom. The monoisotopic (exact) mass is 329 g/mol. The summed E-state index contributed by atoms with van der Waals surface area (Å²) in [4.78, 5) is 23.3. The van der Waals surface area contributed by atoms with Gasteiger partial charge in [0.2, 0.25) is 17.7 Å². The second-order valence-corrected chi connectivity index (χ2v) is 6.52. The van der Waals surface area contributed by atoms with Gasteiger partial charge in [-0.05, 0) is 19.8 Å². The van der Waals surface area contributed by atoms with Crippen LogP contribution in [0, 0.1) is 6.92 Å². The van der Waals surface area contributed by atoms with Gasteiger partial charge in [0.15, 0.2) is 0 Å². The molecular formula is C17H23N5O2. The van der Waals surface area contributed by atoms with Gasteiger partial charge >= 0.3 is 0 Å². The minimum atomic E-state index is 0.0267. The van der Waals surface area contributed by atoms with Gasteiger partial charge in [0.1, 0.15) is 0 Å². The van der Waals surface area contributed by atoms with Crippen molar-refractivity contribution < 1.29 is 9.21 Å². The van der Waals surface area contributed by atoms with Crippen molar-refractivity contribution in [3.05, 3.63) is 35.6 Å². The molecule has 7 heteroatoms. The summed E-state index contributed by atoms with van der Waals surface area (Å²) in [7, 11) is 0. The molecule has 1 atom stereocenters. The van der Waals surface area contributed by atoms with Crippen molar-refractivity contribution in [3.63, 3.8) is 0 Å². The van der Waals surface area contributed by atoms with E-state index in [1.54, 1.807) is 12.4 Å². The lowest BCUT2D eigenvalue weighted by Crippen LogP contribution is -2.31. The Hall–Kier alpha value is -2.31. The van der Waals surface area contributed by atoms with Crippen molar-refractivity contribution in [2.24, 2.45) is 0 Å². The largest absolute Gasteiger partial charge is 0.425 e. The summed E-state index contributed by atoms with van der Waals surface area (Å²) in [6, 6.07) is 0.0267. The lowest BCUT2D eigenvalue weighted by atomic mass is 10.1. The second-order valence-electron chi connectivity index (χ2n) is 6.52. The van der Waals surface area contributed by atoms with Crippen LogP contribution in [0.1, 0.15) is 68.2 Å². The first kappa shape index (κ1) is 16.5. The Labute approximate surface area is 141 Å². The third kappa shape index (κ3) is 3.60. The van der Waals surface area contributed by atoms with Crippen LogP contribution < -0.4 is 0 Å². The molecule has 0 radical (unpaired) electrons. The van der Waals surface area contributed by atoms with Crippen molar-refractivity contribution >= 4 is 5.91 Å². The van der Waals surface area contributed by atoms with E-state index in [0.29, 0.717) is 24.6 Å². The zero-order valence-corrected chi connectivity index (χ0v) is 14.4. The predicted octanol–water partition coefficient (Wildman–Crippen LogP) is 2.59. The van der Waals surface area contributed by atoms with Crippen LogP contribution in [0.25, 0.3) is 0 Å². The van der Waals surface area contributed by atoms with Crippen molar-refractivity contribution in [1.82, 2.24) is 25.1 Å². The van der Waals surface area contributed by atoms with Crippen LogP contribution in [0.2, 0.25) is 0 Å². The molecule has 2 aromatic heterocycles. The molecule has 24 heavy (non-hydrogen) atoms. The fraction of sp³-hybridized carbons (Fsp3) is 0.588. The van der Waals surface area contributed by atoms with E-state index < -0.39 is 0 Å². The van der Waals surface area contributed by atoms with Gasteiger partial charge < -0.3 is 9.32 Å². The van der Waals surface area contributed by atoms with Crippen LogP contribution in [-0.2, 0) is 11.2 Å². The molecule has 1 fully saturated rings. The summed E-state index contributed by atoms with van der Waals surface area (Å²) < 4.78 is 5.57. The van der Waals surface area contributed by atoms with Crippen LogP contribution in [-0.4, -0.2) is 37.5 Å². The normalized spacial score (nSPS) is 17.7. The molecule has 3 rings (SSSR count). The quantitative estimate of drug-likeness (QED) is 0.838. The van der Waals surface area contributed by atoms with Crippen LogP contribution in [0.3, 0.4) is 0 Å². The van der Waals surface area contributed by atoms with Gasteiger partial charge in [0, 0.05) is 31.5 Å². The van der Waals surface area contributed by atoms with Crippen molar-refractivity contribution in [3.8, 4) is 0 Å². The Morgan fingerprint density at radius 2 is 2.21 bits per heavy atom. The Morgan fingerprint density at radius 3 is 2.92 bits per heavy atom. The summed E-state index contributed by atoms with van der Waals surface area (Å²) >= 11 is 0. The zero-order chi connectivity index (χ0) is 17.1. The number of aryl methyl sites for hydroxylation is 2. The molecule has 2 aromatic rings. The number of carbonyl (C=O) groups is 1. The Kier molecular flexibility index (Phi) is 4.87. The van der Waals surface area contributed by atoms with E-state index in [1.807, 2.05) is 25.7 Å². The third-order valence-electron chi connectivity index (χ3n) is 4.22. The minimum Gasteiger partial charge on any atom is -0.425 e. The Balaban J connectivity index is 1.63. The number of likely N-dealkylation sites (tertiary alicyclic amines) is 1.